The molecule has 2 N–H and O–H groups in total. The van der Waals surface area contributed by atoms with E-state index in [-0.39, 0.29) is 0 Å². The molecule has 2 aromatic heterocycles. The molecule has 0 aliphatic heterocycles. The van der Waals surface area contributed by atoms with Gasteiger partial charge < -0.3 is 5.11 Å². The predicted octanol–water partition coefficient (Wildman–Crippen LogP) is 2.79. The monoisotopic (exact) mass is 305 g/mol. The molecule has 0 aromatic carbocycles. The first-order valence-corrected chi connectivity index (χ1v) is 7.76. The molecular weight excluding hydrogens is 286 g/mol. The van der Waals surface area contributed by atoms with Gasteiger partial charge in [-0.15, -0.1) is 11.3 Å². The Morgan fingerprint density at radius 1 is 1.43 bits per heavy atom. The summed E-state index contributed by atoms with van der Waals surface area (Å²) in [5.74, 6) is -0.484. The topological polar surface area (TPSA) is 75.1 Å². The van der Waals surface area contributed by atoms with Crippen LogP contribution in [-0.4, -0.2) is 27.1 Å². The van der Waals surface area contributed by atoms with Crippen LogP contribution < -0.4 is 5.32 Å². The molecule has 0 amide bonds. The van der Waals surface area contributed by atoms with E-state index in [4.69, 9.17) is 0 Å². The summed E-state index contributed by atoms with van der Waals surface area (Å²) in [6, 6.07) is 5.16. The van der Waals surface area contributed by atoms with E-state index >= 15 is 0 Å². The fourth-order valence-corrected chi connectivity index (χ4v) is 2.76. The number of rotatable bonds is 7. The van der Waals surface area contributed by atoms with Crippen LogP contribution in [0.3, 0.4) is 0 Å². The fourth-order valence-electron chi connectivity index (χ4n) is 1.97. The number of aromatic nitrogens is 2. The van der Waals surface area contributed by atoms with Crippen LogP contribution in [0.2, 0.25) is 0 Å². The summed E-state index contributed by atoms with van der Waals surface area (Å²) >= 11 is 1.52. The van der Waals surface area contributed by atoms with Crippen molar-refractivity contribution in [3.63, 3.8) is 0 Å². The van der Waals surface area contributed by atoms with Crippen molar-refractivity contribution >= 4 is 17.3 Å². The number of pyridine rings is 1. The van der Waals surface area contributed by atoms with Crippen molar-refractivity contribution in [2.24, 2.45) is 5.92 Å². The first-order chi connectivity index (χ1) is 10.1. The zero-order valence-electron chi connectivity index (χ0n) is 12.1. The second-order valence-corrected chi connectivity index (χ2v) is 6.12. The highest BCUT2D eigenvalue weighted by Gasteiger charge is 2.18. The number of hydrogen-bond acceptors (Lipinski definition) is 5. The van der Waals surface area contributed by atoms with Crippen LogP contribution in [0.25, 0.3) is 10.7 Å². The summed E-state index contributed by atoms with van der Waals surface area (Å²) < 4.78 is 0. The van der Waals surface area contributed by atoms with Gasteiger partial charge in [0.1, 0.15) is 11.0 Å². The van der Waals surface area contributed by atoms with E-state index in [2.05, 4.69) is 15.3 Å². The average molecular weight is 305 g/mol. The molecule has 0 fully saturated rings. The number of carbonyl (C=O) groups is 1. The van der Waals surface area contributed by atoms with Crippen LogP contribution in [0.15, 0.2) is 29.8 Å². The molecule has 0 spiro atoms. The highest BCUT2D eigenvalue weighted by Crippen LogP contribution is 2.21. The van der Waals surface area contributed by atoms with Gasteiger partial charge in [-0.05, 0) is 24.5 Å². The number of hydrogen-bond donors (Lipinski definition) is 2. The van der Waals surface area contributed by atoms with Gasteiger partial charge in [0, 0.05) is 18.1 Å². The van der Waals surface area contributed by atoms with Crippen LogP contribution in [0.4, 0.5) is 0 Å². The van der Waals surface area contributed by atoms with Gasteiger partial charge in [-0.3, -0.25) is 15.1 Å². The van der Waals surface area contributed by atoms with E-state index in [0.717, 1.165) is 16.4 Å². The minimum Gasteiger partial charge on any atom is -0.480 e. The third-order valence-corrected chi connectivity index (χ3v) is 3.88. The lowest BCUT2D eigenvalue weighted by molar-refractivity contribution is -0.140. The maximum Gasteiger partial charge on any atom is 0.320 e. The third-order valence-electron chi connectivity index (χ3n) is 2.97. The average Bonchev–Trinajstić information content (AvgIpc) is 2.92. The Morgan fingerprint density at radius 3 is 2.86 bits per heavy atom. The van der Waals surface area contributed by atoms with Crippen molar-refractivity contribution in [2.45, 2.75) is 32.9 Å². The van der Waals surface area contributed by atoms with E-state index in [1.807, 2.05) is 37.4 Å². The second-order valence-electron chi connectivity index (χ2n) is 5.26. The quantitative estimate of drug-likeness (QED) is 0.822. The summed E-state index contributed by atoms with van der Waals surface area (Å²) in [5, 5.41) is 15.0. The lowest BCUT2D eigenvalue weighted by Crippen LogP contribution is -2.37. The van der Waals surface area contributed by atoms with Gasteiger partial charge in [0.25, 0.3) is 0 Å². The molecule has 1 atom stereocenters. The fraction of sp³-hybridized carbons (Fsp3) is 0.400. The predicted molar refractivity (Wildman–Crippen MR) is 83.1 cm³/mol. The molecule has 2 rings (SSSR count). The van der Waals surface area contributed by atoms with Crippen molar-refractivity contribution in [3.8, 4) is 10.7 Å². The Morgan fingerprint density at radius 2 is 2.24 bits per heavy atom. The van der Waals surface area contributed by atoms with Gasteiger partial charge in [-0.2, -0.15) is 0 Å². The molecule has 6 heteroatoms. The highest BCUT2D eigenvalue weighted by molar-refractivity contribution is 7.13. The van der Waals surface area contributed by atoms with Crippen molar-refractivity contribution in [3.05, 3.63) is 35.5 Å². The number of aliphatic carboxylic acids is 1. The number of thiazole rings is 1. The van der Waals surface area contributed by atoms with E-state index in [1.165, 1.54) is 11.3 Å². The first kappa shape index (κ1) is 15.6. The Bertz CT molecular complexity index is 584. The second kappa shape index (κ2) is 7.28. The number of nitrogens with zero attached hydrogens (tertiary/aromatic N) is 2. The summed E-state index contributed by atoms with van der Waals surface area (Å²) in [5.41, 5.74) is 1.68. The summed E-state index contributed by atoms with van der Waals surface area (Å²) in [6.07, 6.45) is 2.34. The molecule has 0 aliphatic carbocycles. The molecule has 0 bridgehead atoms. The molecule has 5 nitrogen and oxygen atoms in total. The van der Waals surface area contributed by atoms with Gasteiger partial charge in [0.05, 0.1) is 11.4 Å². The zero-order valence-corrected chi connectivity index (χ0v) is 12.9. The van der Waals surface area contributed by atoms with E-state index in [9.17, 15) is 9.90 Å². The van der Waals surface area contributed by atoms with Gasteiger partial charge in [0.15, 0.2) is 0 Å². The number of carboxylic acids is 1. The highest BCUT2D eigenvalue weighted by atomic mass is 32.1. The molecule has 0 radical (unpaired) electrons. The summed E-state index contributed by atoms with van der Waals surface area (Å²) in [4.78, 5) is 19.9. The van der Waals surface area contributed by atoms with E-state index < -0.39 is 12.0 Å². The lowest BCUT2D eigenvalue weighted by Gasteiger charge is -2.15. The van der Waals surface area contributed by atoms with Gasteiger partial charge in [-0.25, -0.2) is 4.98 Å². The van der Waals surface area contributed by atoms with Crippen molar-refractivity contribution in [2.75, 3.05) is 0 Å². The molecule has 0 unspecified atom stereocenters. The van der Waals surface area contributed by atoms with Crippen LogP contribution >= 0.6 is 11.3 Å². The maximum atomic E-state index is 11.2. The maximum absolute atomic E-state index is 11.2. The van der Waals surface area contributed by atoms with Crippen molar-refractivity contribution < 1.29 is 9.90 Å². The molecule has 112 valence electrons. The summed E-state index contributed by atoms with van der Waals surface area (Å²) in [7, 11) is 0. The molecule has 0 saturated carbocycles. The number of carboxylic acid groups (broad SMARTS) is 1. The molecule has 2 heterocycles. The van der Waals surface area contributed by atoms with Crippen LogP contribution in [0, 0.1) is 5.92 Å². The van der Waals surface area contributed by atoms with Gasteiger partial charge in [-0.1, -0.05) is 19.9 Å². The SMILES string of the molecule is CC(C)C[C@@H](NCc1csc(-c2ccccn2)n1)C(=O)O. The molecule has 0 aliphatic rings. The Balaban J connectivity index is 1.98. The standard InChI is InChI=1S/C15H19N3O2S/c1-10(2)7-13(15(19)20)17-8-11-9-21-14(18-11)12-5-3-4-6-16-12/h3-6,9-10,13,17H,7-8H2,1-2H3,(H,19,20)/t13-/m1/s1. The Labute approximate surface area is 128 Å². The van der Waals surface area contributed by atoms with Gasteiger partial charge >= 0.3 is 5.97 Å². The first-order valence-electron chi connectivity index (χ1n) is 6.88. The van der Waals surface area contributed by atoms with Crippen LogP contribution in [-0.2, 0) is 11.3 Å². The normalized spacial score (nSPS) is 12.5. The Hall–Kier alpha value is -1.79. The van der Waals surface area contributed by atoms with Crippen molar-refractivity contribution in [1.29, 1.82) is 0 Å². The summed E-state index contributed by atoms with van der Waals surface area (Å²) in [6.45, 7) is 4.48. The molecule has 0 saturated heterocycles. The lowest BCUT2D eigenvalue weighted by atomic mass is 10.0. The third kappa shape index (κ3) is 4.61. The smallest absolute Gasteiger partial charge is 0.320 e. The minimum atomic E-state index is -0.816. The Kier molecular flexibility index (Phi) is 5.41. The molecule has 21 heavy (non-hydrogen) atoms. The van der Waals surface area contributed by atoms with E-state index in [0.29, 0.717) is 18.9 Å². The minimum absolute atomic E-state index is 0.332. The largest absolute Gasteiger partial charge is 0.480 e. The van der Waals surface area contributed by atoms with Gasteiger partial charge in [0.2, 0.25) is 0 Å². The van der Waals surface area contributed by atoms with Crippen molar-refractivity contribution in [1.82, 2.24) is 15.3 Å². The molecule has 2 aromatic rings. The number of nitrogens with one attached hydrogen (secondary N) is 1. The van der Waals surface area contributed by atoms with Crippen LogP contribution in [0.5, 0.6) is 0 Å². The van der Waals surface area contributed by atoms with Crippen LogP contribution in [0.1, 0.15) is 26.0 Å². The molecular formula is C15H19N3O2S. The van der Waals surface area contributed by atoms with E-state index in [1.54, 1.807) is 6.20 Å². The zero-order chi connectivity index (χ0) is 15.2.